The van der Waals surface area contributed by atoms with Gasteiger partial charge in [0.1, 0.15) is 0 Å². The molecule has 1 aromatic rings. The van der Waals surface area contributed by atoms with Gasteiger partial charge in [-0.25, -0.2) is 13.1 Å². The molecular weight excluding hydrogens is 302 g/mol. The number of ether oxygens (including phenoxy) is 1. The second-order valence-electron chi connectivity index (χ2n) is 7.36. The van der Waals surface area contributed by atoms with E-state index in [1.807, 2.05) is 13.8 Å². The van der Waals surface area contributed by atoms with Crippen LogP contribution in [0.25, 0.3) is 0 Å². The zero-order chi connectivity index (χ0) is 15.8. The summed E-state index contributed by atoms with van der Waals surface area (Å²) >= 11 is 0. The summed E-state index contributed by atoms with van der Waals surface area (Å²) in [6.45, 7) is 4.58. The molecule has 1 aliphatic heterocycles. The number of nitrogens with one attached hydrogen (secondary N) is 1. The Kier molecular flexibility index (Phi) is 2.89. The Labute approximate surface area is 131 Å². The van der Waals surface area contributed by atoms with E-state index in [2.05, 4.69) is 9.82 Å². The first-order chi connectivity index (χ1) is 10.3. The Morgan fingerprint density at radius 1 is 1.32 bits per heavy atom. The molecular formula is C15H23N3O3S. The van der Waals surface area contributed by atoms with Crippen molar-refractivity contribution >= 4 is 10.0 Å². The zero-order valence-electron chi connectivity index (χ0n) is 13.3. The highest BCUT2D eigenvalue weighted by Crippen LogP contribution is 2.58. The molecule has 22 heavy (non-hydrogen) atoms. The monoisotopic (exact) mass is 325 g/mol. The highest BCUT2D eigenvalue weighted by molar-refractivity contribution is 7.89. The van der Waals surface area contributed by atoms with Gasteiger partial charge in [-0.05, 0) is 46.0 Å². The first-order valence-electron chi connectivity index (χ1n) is 7.99. The van der Waals surface area contributed by atoms with Crippen molar-refractivity contribution in [3.05, 3.63) is 11.3 Å². The Morgan fingerprint density at radius 3 is 2.68 bits per heavy atom. The second-order valence-corrected chi connectivity index (χ2v) is 8.96. The maximum absolute atomic E-state index is 13.0. The third-order valence-corrected chi connectivity index (χ3v) is 7.31. The van der Waals surface area contributed by atoms with E-state index in [-0.39, 0.29) is 0 Å². The zero-order valence-corrected chi connectivity index (χ0v) is 14.2. The second kappa shape index (κ2) is 4.33. The first-order valence-corrected chi connectivity index (χ1v) is 9.48. The fourth-order valence-electron chi connectivity index (χ4n) is 4.23. The number of sulfonamides is 1. The average molecular weight is 325 g/mol. The third kappa shape index (κ3) is 1.85. The lowest BCUT2D eigenvalue weighted by atomic mass is 9.97. The highest BCUT2D eigenvalue weighted by Gasteiger charge is 2.70. The maximum Gasteiger partial charge on any atom is 0.258 e. The summed E-state index contributed by atoms with van der Waals surface area (Å²) in [5.41, 5.74) is 0.952. The molecule has 0 aromatic carbocycles. The molecule has 0 spiro atoms. The molecule has 2 unspecified atom stereocenters. The van der Waals surface area contributed by atoms with E-state index >= 15 is 0 Å². The molecule has 3 aliphatic rings. The summed E-state index contributed by atoms with van der Waals surface area (Å²) < 4.78 is 36.3. The van der Waals surface area contributed by atoms with E-state index in [9.17, 15) is 8.42 Å². The summed E-state index contributed by atoms with van der Waals surface area (Å²) in [6, 6.07) is 0. The fraction of sp³-hybridized carbons (Fsp3) is 0.800. The summed E-state index contributed by atoms with van der Waals surface area (Å²) in [5.74, 6) is 0.293. The molecule has 2 fully saturated rings. The van der Waals surface area contributed by atoms with Gasteiger partial charge in [0.2, 0.25) is 0 Å². The molecule has 4 rings (SSSR count). The maximum atomic E-state index is 13.0. The lowest BCUT2D eigenvalue weighted by Crippen LogP contribution is -2.51. The van der Waals surface area contributed by atoms with Crippen molar-refractivity contribution in [2.24, 2.45) is 13.0 Å². The van der Waals surface area contributed by atoms with Gasteiger partial charge >= 0.3 is 0 Å². The largest absolute Gasteiger partial charge is 0.373 e. The molecule has 0 radical (unpaired) electrons. The van der Waals surface area contributed by atoms with Gasteiger partial charge in [0.05, 0.1) is 23.4 Å². The summed E-state index contributed by atoms with van der Waals surface area (Å²) in [5, 5.41) is 4.78. The van der Waals surface area contributed by atoms with Gasteiger partial charge in [-0.2, -0.15) is 5.10 Å². The summed E-state index contributed by atoms with van der Waals surface area (Å²) in [6.07, 6.45) is 4.66. The van der Waals surface area contributed by atoms with Crippen molar-refractivity contribution in [2.45, 2.75) is 62.1 Å². The Hall–Kier alpha value is -0.920. The number of nitrogens with zero attached hydrogens (tertiary/aromatic N) is 2. The molecule has 1 aromatic heterocycles. The average Bonchev–Trinajstić information content (AvgIpc) is 2.92. The standard InChI is InChI=1S/C15H23N3O3S/c1-14(2)15(8-10(15)9-21-14)17-22(19,20)13-11-6-4-5-7-12(11)16-18(13)3/h10,17H,4-9H2,1-3H3. The minimum Gasteiger partial charge on any atom is -0.373 e. The highest BCUT2D eigenvalue weighted by atomic mass is 32.2. The minimum atomic E-state index is -3.59. The quantitative estimate of drug-likeness (QED) is 0.904. The van der Waals surface area contributed by atoms with Crippen molar-refractivity contribution in [3.63, 3.8) is 0 Å². The van der Waals surface area contributed by atoms with Gasteiger partial charge in [-0.15, -0.1) is 0 Å². The van der Waals surface area contributed by atoms with Crippen LogP contribution in [0.15, 0.2) is 5.03 Å². The van der Waals surface area contributed by atoms with Gasteiger partial charge < -0.3 is 4.74 Å². The topological polar surface area (TPSA) is 73.2 Å². The van der Waals surface area contributed by atoms with E-state index < -0.39 is 21.2 Å². The summed E-state index contributed by atoms with van der Waals surface area (Å²) in [4.78, 5) is 0. The van der Waals surface area contributed by atoms with Crippen LogP contribution in [0.3, 0.4) is 0 Å². The third-order valence-electron chi connectivity index (χ3n) is 5.66. The van der Waals surface area contributed by atoms with E-state index in [1.165, 1.54) is 4.68 Å². The SMILES string of the molecule is Cn1nc2c(c1S(=O)(=O)NC13CC1COC3(C)C)CCCC2. The number of hydrogen-bond donors (Lipinski definition) is 1. The van der Waals surface area contributed by atoms with Crippen LogP contribution in [0.4, 0.5) is 0 Å². The van der Waals surface area contributed by atoms with Crippen molar-refractivity contribution in [1.82, 2.24) is 14.5 Å². The van der Waals surface area contributed by atoms with E-state index in [0.29, 0.717) is 17.6 Å². The van der Waals surface area contributed by atoms with Crippen LogP contribution in [0.1, 0.15) is 44.4 Å². The molecule has 2 heterocycles. The molecule has 1 saturated carbocycles. The number of aromatic nitrogens is 2. The van der Waals surface area contributed by atoms with Gasteiger partial charge in [-0.3, -0.25) is 4.68 Å². The van der Waals surface area contributed by atoms with Crippen LogP contribution in [-0.4, -0.2) is 35.9 Å². The van der Waals surface area contributed by atoms with E-state index in [1.54, 1.807) is 7.05 Å². The number of rotatable bonds is 3. The van der Waals surface area contributed by atoms with Crippen molar-refractivity contribution in [3.8, 4) is 0 Å². The Balaban J connectivity index is 1.73. The normalized spacial score (nSPS) is 32.6. The van der Waals surface area contributed by atoms with E-state index in [0.717, 1.165) is 43.4 Å². The molecule has 6 nitrogen and oxygen atoms in total. The molecule has 1 saturated heterocycles. The van der Waals surface area contributed by atoms with Gasteiger partial charge in [-0.1, -0.05) is 0 Å². The fourth-order valence-corrected chi connectivity index (χ4v) is 6.23. The van der Waals surface area contributed by atoms with Crippen molar-refractivity contribution < 1.29 is 13.2 Å². The lowest BCUT2D eigenvalue weighted by Gasteiger charge is -2.30. The van der Waals surface area contributed by atoms with Gasteiger partial charge in [0.25, 0.3) is 10.0 Å². The Bertz CT molecular complexity index is 737. The number of hydrogen-bond acceptors (Lipinski definition) is 4. The first kappa shape index (κ1) is 14.7. The predicted octanol–water partition coefficient (Wildman–Crippen LogP) is 1.14. The molecule has 1 N–H and O–H groups in total. The smallest absolute Gasteiger partial charge is 0.258 e. The number of fused-ring (bicyclic) bond motifs is 2. The van der Waals surface area contributed by atoms with Crippen molar-refractivity contribution in [2.75, 3.05) is 6.61 Å². The molecule has 0 amide bonds. The van der Waals surface area contributed by atoms with Crippen LogP contribution in [0.2, 0.25) is 0 Å². The molecule has 2 aliphatic carbocycles. The number of aryl methyl sites for hydroxylation is 2. The lowest BCUT2D eigenvalue weighted by molar-refractivity contribution is -0.00473. The van der Waals surface area contributed by atoms with Crippen LogP contribution in [0.5, 0.6) is 0 Å². The summed E-state index contributed by atoms with van der Waals surface area (Å²) in [7, 11) is -1.86. The van der Waals surface area contributed by atoms with Crippen LogP contribution < -0.4 is 4.72 Å². The van der Waals surface area contributed by atoms with Gasteiger partial charge in [0.15, 0.2) is 5.03 Å². The molecule has 7 heteroatoms. The molecule has 0 bridgehead atoms. The van der Waals surface area contributed by atoms with Crippen LogP contribution in [-0.2, 0) is 34.6 Å². The molecule has 2 atom stereocenters. The Morgan fingerprint density at radius 2 is 2.05 bits per heavy atom. The van der Waals surface area contributed by atoms with Crippen LogP contribution >= 0.6 is 0 Å². The minimum absolute atomic E-state index is 0.293. The van der Waals surface area contributed by atoms with Crippen molar-refractivity contribution in [1.29, 1.82) is 0 Å². The molecule has 122 valence electrons. The predicted molar refractivity (Wildman–Crippen MR) is 81.0 cm³/mol. The van der Waals surface area contributed by atoms with Gasteiger partial charge in [0, 0.05) is 18.5 Å². The van der Waals surface area contributed by atoms with E-state index in [4.69, 9.17) is 4.74 Å². The van der Waals surface area contributed by atoms with Crippen LogP contribution in [0, 0.1) is 5.92 Å².